The summed E-state index contributed by atoms with van der Waals surface area (Å²) in [6.45, 7) is 4.71. The molecule has 1 aromatic carbocycles. The first-order valence-electron chi connectivity index (χ1n) is 11.1. The zero-order valence-corrected chi connectivity index (χ0v) is 17.4. The van der Waals surface area contributed by atoms with Crippen molar-refractivity contribution in [2.45, 2.75) is 58.5 Å². The van der Waals surface area contributed by atoms with E-state index >= 15 is 0 Å². The average Bonchev–Trinajstić information content (AvgIpc) is 3.05. The first kappa shape index (κ1) is 18.8. The van der Waals surface area contributed by atoms with Crippen molar-refractivity contribution in [2.24, 2.45) is 28.6 Å². The third kappa shape index (κ3) is 2.85. The number of benzene rings is 1. The second-order valence-corrected chi connectivity index (χ2v) is 10.0. The standard InChI is InChI=1S/C26H30O3/c1-25-14-12-19(27)16-18(25)8-9-20-21-10-11-23(26(21,2)15-13-22(20)25)29-24(28)17-6-4-3-5-7-17/h3-9,16,20-23H,10-15H2,1-2H3/t20?,21?,22?,23-,25-,26-/m0/s1. The van der Waals surface area contributed by atoms with E-state index in [-0.39, 0.29) is 28.7 Å². The topological polar surface area (TPSA) is 43.4 Å². The molecule has 3 nitrogen and oxygen atoms in total. The van der Waals surface area contributed by atoms with Crippen molar-refractivity contribution >= 4 is 11.8 Å². The zero-order valence-electron chi connectivity index (χ0n) is 17.4. The molecule has 152 valence electrons. The first-order valence-corrected chi connectivity index (χ1v) is 11.1. The van der Waals surface area contributed by atoms with Gasteiger partial charge < -0.3 is 4.74 Å². The summed E-state index contributed by atoms with van der Waals surface area (Å²) in [5.74, 6) is 1.73. The highest BCUT2D eigenvalue weighted by Gasteiger charge is 2.59. The summed E-state index contributed by atoms with van der Waals surface area (Å²) in [5, 5.41) is 0. The Balaban J connectivity index is 1.40. The van der Waals surface area contributed by atoms with Gasteiger partial charge in [-0.1, -0.05) is 44.2 Å². The van der Waals surface area contributed by atoms with Crippen LogP contribution in [0.2, 0.25) is 0 Å². The number of hydrogen-bond acceptors (Lipinski definition) is 3. The van der Waals surface area contributed by atoms with E-state index in [9.17, 15) is 9.59 Å². The monoisotopic (exact) mass is 390 g/mol. The predicted molar refractivity (Wildman–Crippen MR) is 112 cm³/mol. The van der Waals surface area contributed by atoms with Crippen molar-refractivity contribution in [3.05, 3.63) is 59.7 Å². The highest BCUT2D eigenvalue weighted by atomic mass is 16.5. The van der Waals surface area contributed by atoms with Gasteiger partial charge in [-0.3, -0.25) is 4.79 Å². The van der Waals surface area contributed by atoms with Gasteiger partial charge in [-0.15, -0.1) is 0 Å². The number of ketones is 1. The van der Waals surface area contributed by atoms with Crippen LogP contribution in [0.5, 0.6) is 0 Å². The van der Waals surface area contributed by atoms with Crippen LogP contribution >= 0.6 is 0 Å². The molecular weight excluding hydrogens is 360 g/mol. The number of carbonyl (C=O) groups is 2. The maximum atomic E-state index is 12.7. The van der Waals surface area contributed by atoms with Gasteiger partial charge in [-0.25, -0.2) is 4.79 Å². The quantitative estimate of drug-likeness (QED) is 0.625. The van der Waals surface area contributed by atoms with Gasteiger partial charge in [-0.2, -0.15) is 0 Å². The Kier molecular flexibility index (Phi) is 4.34. The van der Waals surface area contributed by atoms with Gasteiger partial charge in [0.25, 0.3) is 0 Å². The summed E-state index contributed by atoms with van der Waals surface area (Å²) in [4.78, 5) is 24.7. The minimum atomic E-state index is -0.193. The van der Waals surface area contributed by atoms with Gasteiger partial charge in [0.05, 0.1) is 5.56 Å². The fraction of sp³-hybridized carbons (Fsp3) is 0.538. The molecule has 2 fully saturated rings. The van der Waals surface area contributed by atoms with Crippen LogP contribution in [0.1, 0.15) is 62.7 Å². The highest BCUT2D eigenvalue weighted by Crippen LogP contribution is 2.64. The van der Waals surface area contributed by atoms with E-state index < -0.39 is 0 Å². The van der Waals surface area contributed by atoms with Crippen LogP contribution in [0.15, 0.2) is 54.1 Å². The van der Waals surface area contributed by atoms with Crippen LogP contribution < -0.4 is 0 Å². The van der Waals surface area contributed by atoms with E-state index in [4.69, 9.17) is 4.74 Å². The third-order valence-corrected chi connectivity index (χ3v) is 8.69. The molecular formula is C26H30O3. The third-order valence-electron chi connectivity index (χ3n) is 8.69. The van der Waals surface area contributed by atoms with Crippen LogP contribution in [0, 0.1) is 28.6 Å². The largest absolute Gasteiger partial charge is 0.458 e. The summed E-state index contributed by atoms with van der Waals surface area (Å²) in [7, 11) is 0. The van der Waals surface area contributed by atoms with Crippen molar-refractivity contribution in [2.75, 3.05) is 0 Å². The average molecular weight is 391 g/mol. The van der Waals surface area contributed by atoms with Crippen LogP contribution in [0.25, 0.3) is 0 Å². The fourth-order valence-corrected chi connectivity index (χ4v) is 6.91. The van der Waals surface area contributed by atoms with Crippen LogP contribution in [-0.4, -0.2) is 17.9 Å². The fourth-order valence-electron chi connectivity index (χ4n) is 6.91. The van der Waals surface area contributed by atoms with E-state index in [0.29, 0.717) is 29.7 Å². The molecule has 0 aromatic heterocycles. The Morgan fingerprint density at radius 3 is 2.62 bits per heavy atom. The molecule has 0 radical (unpaired) electrons. The summed E-state index contributed by atoms with van der Waals surface area (Å²) in [5.41, 5.74) is 2.04. The lowest BCUT2D eigenvalue weighted by Gasteiger charge is -2.55. The molecule has 5 rings (SSSR count). The number of carbonyl (C=O) groups excluding carboxylic acids is 2. The van der Waals surface area contributed by atoms with Crippen molar-refractivity contribution in [1.82, 2.24) is 0 Å². The number of allylic oxidation sites excluding steroid dienone is 4. The van der Waals surface area contributed by atoms with Gasteiger partial charge in [0.2, 0.25) is 0 Å². The SMILES string of the molecule is C[C@]12CCC(=O)C=C1C=CC1C2CC[C@@]2(C)C1CC[C@@H]2OC(=O)c1ccccc1. The summed E-state index contributed by atoms with van der Waals surface area (Å²) < 4.78 is 6.08. The molecule has 0 bridgehead atoms. The van der Waals surface area contributed by atoms with Crippen LogP contribution in [-0.2, 0) is 9.53 Å². The van der Waals surface area contributed by atoms with Gasteiger partial charge in [0, 0.05) is 11.8 Å². The Morgan fingerprint density at radius 1 is 1.03 bits per heavy atom. The predicted octanol–water partition coefficient (Wildman–Crippen LogP) is 5.52. The second-order valence-electron chi connectivity index (χ2n) is 10.0. The van der Waals surface area contributed by atoms with Crippen LogP contribution in [0.4, 0.5) is 0 Å². The van der Waals surface area contributed by atoms with Crippen LogP contribution in [0.3, 0.4) is 0 Å². The number of rotatable bonds is 2. The number of fused-ring (bicyclic) bond motifs is 5. The second kappa shape index (κ2) is 6.68. The van der Waals surface area contributed by atoms with E-state index in [1.165, 1.54) is 5.57 Å². The molecule has 0 spiro atoms. The molecule has 0 saturated heterocycles. The lowest BCUT2D eigenvalue weighted by atomic mass is 9.49. The molecule has 6 atom stereocenters. The summed E-state index contributed by atoms with van der Waals surface area (Å²) >= 11 is 0. The van der Waals surface area contributed by atoms with Gasteiger partial charge in [0.15, 0.2) is 5.78 Å². The maximum Gasteiger partial charge on any atom is 0.338 e. The number of hydrogen-bond donors (Lipinski definition) is 0. The molecule has 29 heavy (non-hydrogen) atoms. The number of esters is 1. The Bertz CT molecular complexity index is 898. The minimum absolute atomic E-state index is 0.00719. The van der Waals surface area contributed by atoms with Gasteiger partial charge in [-0.05, 0) is 79.1 Å². The summed E-state index contributed by atoms with van der Waals surface area (Å²) in [6, 6.07) is 9.35. The maximum absolute atomic E-state index is 12.7. The smallest absolute Gasteiger partial charge is 0.338 e. The lowest BCUT2D eigenvalue weighted by molar-refractivity contribution is -0.116. The van der Waals surface area contributed by atoms with Crippen molar-refractivity contribution in [3.63, 3.8) is 0 Å². The Morgan fingerprint density at radius 2 is 1.83 bits per heavy atom. The molecule has 3 heteroatoms. The highest BCUT2D eigenvalue weighted by molar-refractivity contribution is 5.92. The van der Waals surface area contributed by atoms with E-state index in [0.717, 1.165) is 32.1 Å². The first-order chi connectivity index (χ1) is 13.9. The molecule has 0 aliphatic heterocycles. The molecule has 2 saturated carbocycles. The zero-order chi connectivity index (χ0) is 20.2. The normalized spacial score (nSPS) is 40.5. The molecule has 1 aromatic rings. The van der Waals surface area contributed by atoms with Gasteiger partial charge >= 0.3 is 5.97 Å². The lowest BCUT2D eigenvalue weighted by Crippen LogP contribution is -2.50. The molecule has 4 aliphatic carbocycles. The Labute approximate surface area is 173 Å². The molecule has 0 N–H and O–H groups in total. The van der Waals surface area contributed by atoms with Crippen molar-refractivity contribution in [1.29, 1.82) is 0 Å². The van der Waals surface area contributed by atoms with E-state index in [1.807, 2.05) is 36.4 Å². The van der Waals surface area contributed by atoms with E-state index in [1.54, 1.807) is 0 Å². The molecule has 0 heterocycles. The molecule has 3 unspecified atom stereocenters. The summed E-state index contributed by atoms with van der Waals surface area (Å²) in [6.07, 6.45) is 12.4. The van der Waals surface area contributed by atoms with Crippen molar-refractivity contribution < 1.29 is 14.3 Å². The number of ether oxygens (including phenoxy) is 1. The van der Waals surface area contributed by atoms with E-state index in [2.05, 4.69) is 26.0 Å². The Hall–Kier alpha value is -2.16. The van der Waals surface area contributed by atoms with Gasteiger partial charge in [0.1, 0.15) is 6.10 Å². The molecule has 0 amide bonds. The van der Waals surface area contributed by atoms with Crippen molar-refractivity contribution in [3.8, 4) is 0 Å². The molecule has 4 aliphatic rings. The minimum Gasteiger partial charge on any atom is -0.458 e.